The predicted octanol–water partition coefficient (Wildman–Crippen LogP) is 4.57. The lowest BCUT2D eigenvalue weighted by molar-refractivity contribution is 0.104. The van der Waals surface area contributed by atoms with Crippen molar-refractivity contribution in [2.75, 3.05) is 0 Å². The number of hydrogen-bond acceptors (Lipinski definition) is 2. The summed E-state index contributed by atoms with van der Waals surface area (Å²) in [7, 11) is 0. The molecule has 0 aliphatic heterocycles. The Morgan fingerprint density at radius 3 is 2.57 bits per heavy atom. The molecule has 1 aromatic heterocycles. The highest BCUT2D eigenvalue weighted by Crippen LogP contribution is 2.31. The van der Waals surface area contributed by atoms with Crippen molar-refractivity contribution in [3.05, 3.63) is 95.3 Å². The topological polar surface area (TPSA) is 30.0 Å². The third kappa shape index (κ3) is 2.59. The average Bonchev–Trinajstić information content (AvgIpc) is 2.92. The standard InChI is InChI=1S/C21H15NO/c23-21-19(11-15-5-4-10-22-14-15)12-18-9-8-17(13-20(18)21)16-6-2-1-3-7-16/h1-11,13-14H,12H2/b19-11+. The Labute approximate surface area is 135 Å². The van der Waals surface area contributed by atoms with Gasteiger partial charge in [0.05, 0.1) is 0 Å². The summed E-state index contributed by atoms with van der Waals surface area (Å²) < 4.78 is 0. The van der Waals surface area contributed by atoms with E-state index in [-0.39, 0.29) is 5.78 Å². The Hall–Kier alpha value is -3.00. The highest BCUT2D eigenvalue weighted by molar-refractivity contribution is 6.16. The van der Waals surface area contributed by atoms with Gasteiger partial charge in [-0.3, -0.25) is 9.78 Å². The Kier molecular flexibility index (Phi) is 3.35. The maximum absolute atomic E-state index is 12.7. The molecular weight excluding hydrogens is 282 g/mol. The van der Waals surface area contributed by atoms with Crippen LogP contribution >= 0.6 is 0 Å². The maximum atomic E-state index is 12.7. The zero-order valence-electron chi connectivity index (χ0n) is 12.6. The molecule has 110 valence electrons. The highest BCUT2D eigenvalue weighted by atomic mass is 16.1. The number of Topliss-reactive ketones (excluding diaryl/α,β-unsaturated/α-hetero) is 1. The number of pyridine rings is 1. The molecule has 2 heteroatoms. The molecule has 0 amide bonds. The molecular formula is C21H15NO. The van der Waals surface area contributed by atoms with Gasteiger partial charge in [-0.25, -0.2) is 0 Å². The minimum Gasteiger partial charge on any atom is -0.289 e. The van der Waals surface area contributed by atoms with Gasteiger partial charge in [-0.05, 0) is 40.5 Å². The van der Waals surface area contributed by atoms with E-state index < -0.39 is 0 Å². The van der Waals surface area contributed by atoms with Crippen LogP contribution < -0.4 is 0 Å². The molecule has 3 aromatic rings. The van der Waals surface area contributed by atoms with E-state index in [0.717, 1.165) is 33.4 Å². The summed E-state index contributed by atoms with van der Waals surface area (Å²) in [4.78, 5) is 16.8. The minimum atomic E-state index is 0.127. The number of ketones is 1. The third-order valence-electron chi connectivity index (χ3n) is 4.16. The molecule has 1 heterocycles. The first kappa shape index (κ1) is 13.6. The second-order valence-electron chi connectivity index (χ2n) is 5.70. The number of hydrogen-bond donors (Lipinski definition) is 0. The van der Waals surface area contributed by atoms with E-state index >= 15 is 0 Å². The summed E-state index contributed by atoms with van der Waals surface area (Å²) in [5, 5.41) is 0. The molecule has 2 nitrogen and oxygen atoms in total. The van der Waals surface area contributed by atoms with Crippen LogP contribution in [0.4, 0.5) is 0 Å². The highest BCUT2D eigenvalue weighted by Gasteiger charge is 2.25. The SMILES string of the molecule is O=C1/C(=C/c2cccnc2)Cc2ccc(-c3ccccc3)cc21. The van der Waals surface area contributed by atoms with Gasteiger partial charge < -0.3 is 0 Å². The smallest absolute Gasteiger partial charge is 0.189 e. The molecule has 2 aromatic carbocycles. The molecule has 23 heavy (non-hydrogen) atoms. The summed E-state index contributed by atoms with van der Waals surface area (Å²) in [6, 6.07) is 20.2. The van der Waals surface area contributed by atoms with Gasteiger partial charge in [-0.1, -0.05) is 48.5 Å². The molecule has 0 N–H and O–H groups in total. The van der Waals surface area contributed by atoms with Crippen LogP contribution in [0.5, 0.6) is 0 Å². The fourth-order valence-electron chi connectivity index (χ4n) is 2.99. The van der Waals surface area contributed by atoms with Gasteiger partial charge in [0.15, 0.2) is 5.78 Å². The Bertz CT molecular complexity index is 896. The van der Waals surface area contributed by atoms with E-state index in [0.29, 0.717) is 6.42 Å². The fourth-order valence-corrected chi connectivity index (χ4v) is 2.99. The summed E-state index contributed by atoms with van der Waals surface area (Å²) >= 11 is 0. The molecule has 1 aliphatic rings. The molecule has 1 aliphatic carbocycles. The quantitative estimate of drug-likeness (QED) is 0.648. The fraction of sp³-hybridized carbons (Fsp3) is 0.0476. The van der Waals surface area contributed by atoms with E-state index in [9.17, 15) is 4.79 Å². The van der Waals surface area contributed by atoms with Crippen LogP contribution in [0.2, 0.25) is 0 Å². The van der Waals surface area contributed by atoms with Gasteiger partial charge in [0.2, 0.25) is 0 Å². The first-order valence-electron chi connectivity index (χ1n) is 7.65. The van der Waals surface area contributed by atoms with Crippen molar-refractivity contribution >= 4 is 11.9 Å². The van der Waals surface area contributed by atoms with Gasteiger partial charge in [0.25, 0.3) is 0 Å². The average molecular weight is 297 g/mol. The molecule has 4 rings (SSSR count). The molecule has 0 unspecified atom stereocenters. The summed E-state index contributed by atoms with van der Waals surface area (Å²) in [6.07, 6.45) is 6.15. The molecule has 0 spiro atoms. The monoisotopic (exact) mass is 297 g/mol. The van der Waals surface area contributed by atoms with Gasteiger partial charge >= 0.3 is 0 Å². The lowest BCUT2D eigenvalue weighted by atomic mass is 10.0. The van der Waals surface area contributed by atoms with Crippen molar-refractivity contribution in [3.8, 4) is 11.1 Å². The first-order chi connectivity index (χ1) is 11.3. The first-order valence-corrected chi connectivity index (χ1v) is 7.65. The number of rotatable bonds is 2. The van der Waals surface area contributed by atoms with Crippen LogP contribution in [-0.2, 0) is 6.42 Å². The van der Waals surface area contributed by atoms with Gasteiger partial charge in [-0.2, -0.15) is 0 Å². The second-order valence-corrected chi connectivity index (χ2v) is 5.70. The number of aromatic nitrogens is 1. The van der Waals surface area contributed by atoms with Crippen LogP contribution in [0.1, 0.15) is 21.5 Å². The minimum absolute atomic E-state index is 0.127. The zero-order valence-corrected chi connectivity index (χ0v) is 12.6. The van der Waals surface area contributed by atoms with Crippen molar-refractivity contribution in [1.29, 1.82) is 0 Å². The Morgan fingerprint density at radius 1 is 0.913 bits per heavy atom. The molecule has 0 bridgehead atoms. The van der Waals surface area contributed by atoms with E-state index in [1.54, 1.807) is 12.4 Å². The lowest BCUT2D eigenvalue weighted by Crippen LogP contribution is -1.95. The van der Waals surface area contributed by atoms with Crippen molar-refractivity contribution in [2.24, 2.45) is 0 Å². The van der Waals surface area contributed by atoms with Crippen LogP contribution in [-0.4, -0.2) is 10.8 Å². The molecule has 0 saturated carbocycles. The largest absolute Gasteiger partial charge is 0.289 e. The normalized spacial score (nSPS) is 15.0. The summed E-state index contributed by atoms with van der Waals surface area (Å²) in [5.41, 5.74) is 5.93. The summed E-state index contributed by atoms with van der Waals surface area (Å²) in [5.74, 6) is 0.127. The van der Waals surface area contributed by atoms with Crippen LogP contribution in [0.3, 0.4) is 0 Å². The van der Waals surface area contributed by atoms with Crippen molar-refractivity contribution in [2.45, 2.75) is 6.42 Å². The number of fused-ring (bicyclic) bond motifs is 1. The summed E-state index contributed by atoms with van der Waals surface area (Å²) in [6.45, 7) is 0. The number of benzene rings is 2. The van der Waals surface area contributed by atoms with Crippen molar-refractivity contribution in [1.82, 2.24) is 4.98 Å². The van der Waals surface area contributed by atoms with Crippen LogP contribution in [0, 0.1) is 0 Å². The molecule has 0 atom stereocenters. The Morgan fingerprint density at radius 2 is 1.78 bits per heavy atom. The number of carbonyl (C=O) groups excluding carboxylic acids is 1. The van der Waals surface area contributed by atoms with E-state index in [1.165, 1.54) is 0 Å². The second kappa shape index (κ2) is 5.65. The maximum Gasteiger partial charge on any atom is 0.189 e. The molecule has 0 fully saturated rings. The third-order valence-corrected chi connectivity index (χ3v) is 4.16. The predicted molar refractivity (Wildman–Crippen MR) is 92.1 cm³/mol. The van der Waals surface area contributed by atoms with E-state index in [1.807, 2.05) is 42.5 Å². The molecule has 0 saturated heterocycles. The molecule has 0 radical (unpaired) electrons. The zero-order chi connectivity index (χ0) is 15.6. The number of nitrogens with zero attached hydrogens (tertiary/aromatic N) is 1. The van der Waals surface area contributed by atoms with Crippen molar-refractivity contribution < 1.29 is 4.79 Å². The van der Waals surface area contributed by atoms with E-state index in [4.69, 9.17) is 0 Å². The van der Waals surface area contributed by atoms with Crippen LogP contribution in [0.25, 0.3) is 17.2 Å². The van der Waals surface area contributed by atoms with Crippen LogP contribution in [0.15, 0.2) is 78.6 Å². The number of carbonyl (C=O) groups is 1. The van der Waals surface area contributed by atoms with Crippen molar-refractivity contribution in [3.63, 3.8) is 0 Å². The van der Waals surface area contributed by atoms with Gasteiger partial charge in [-0.15, -0.1) is 0 Å². The Balaban J connectivity index is 1.71. The van der Waals surface area contributed by atoms with Gasteiger partial charge in [0, 0.05) is 30.0 Å². The number of allylic oxidation sites excluding steroid dienone is 1. The van der Waals surface area contributed by atoms with E-state index in [2.05, 4.69) is 29.2 Å². The van der Waals surface area contributed by atoms with Gasteiger partial charge in [0.1, 0.15) is 0 Å². The lowest BCUT2D eigenvalue weighted by Gasteiger charge is -2.03.